The molecule has 0 bridgehead atoms. The number of thiophene rings is 1. The van der Waals surface area contributed by atoms with Gasteiger partial charge in [-0.2, -0.15) is 0 Å². The average Bonchev–Trinajstić information content (AvgIpc) is 3.18. The summed E-state index contributed by atoms with van der Waals surface area (Å²) in [6, 6.07) is 11.4. The number of anilines is 1. The molecule has 138 valence electrons. The molecule has 3 aromatic rings. The number of aromatic nitrogens is 1. The molecule has 4 rings (SSSR count). The summed E-state index contributed by atoms with van der Waals surface area (Å²) < 4.78 is 2.06. The van der Waals surface area contributed by atoms with E-state index in [-0.39, 0.29) is 5.91 Å². The van der Waals surface area contributed by atoms with Crippen LogP contribution in [0, 0.1) is 13.8 Å². The molecule has 0 fully saturated rings. The molecule has 5 heteroatoms. The van der Waals surface area contributed by atoms with Crippen molar-refractivity contribution in [2.45, 2.75) is 39.5 Å². The lowest BCUT2D eigenvalue weighted by atomic mass is 9.95. The Kier molecular flexibility index (Phi) is 4.70. The third kappa shape index (κ3) is 3.12. The van der Waals surface area contributed by atoms with Gasteiger partial charge in [-0.15, -0.1) is 11.3 Å². The minimum atomic E-state index is -0.0734. The molecule has 1 aromatic carbocycles. The van der Waals surface area contributed by atoms with E-state index >= 15 is 0 Å². The molecule has 1 amide bonds. The Hall–Kier alpha value is -2.66. The fourth-order valence-electron chi connectivity index (χ4n) is 3.88. The van der Waals surface area contributed by atoms with Crippen LogP contribution < -0.4 is 5.32 Å². The molecule has 4 nitrogen and oxygen atoms in total. The molecule has 1 N–H and O–H groups in total. The van der Waals surface area contributed by atoms with Gasteiger partial charge in [0.25, 0.3) is 5.91 Å². The quantitative estimate of drug-likeness (QED) is 0.642. The fraction of sp³-hybridized carbons (Fsp3) is 0.273. The van der Waals surface area contributed by atoms with Crippen LogP contribution in [-0.2, 0) is 12.8 Å². The Balaban J connectivity index is 1.85. The van der Waals surface area contributed by atoms with E-state index in [1.165, 1.54) is 10.4 Å². The molecular weight excluding hydrogens is 356 g/mol. The standard InChI is InChI=1S/C22H22N2O2S/c1-14-12-16(13-25)15(2)24(14)22-20(18-10-6-7-11-19(18)27-22)21(26)23-17-8-4-3-5-9-17/h3-5,8-9,12-13H,6-7,10-11H2,1-2H3,(H,23,26). The maximum absolute atomic E-state index is 13.3. The summed E-state index contributed by atoms with van der Waals surface area (Å²) in [5.74, 6) is -0.0734. The Labute approximate surface area is 162 Å². The third-order valence-electron chi connectivity index (χ3n) is 5.21. The molecule has 0 aliphatic heterocycles. The number of hydrogen-bond donors (Lipinski definition) is 1. The largest absolute Gasteiger partial charge is 0.322 e. The summed E-state index contributed by atoms with van der Waals surface area (Å²) in [5, 5.41) is 3.98. The van der Waals surface area contributed by atoms with Crippen LogP contribution in [0.4, 0.5) is 5.69 Å². The van der Waals surface area contributed by atoms with Crippen molar-refractivity contribution in [3.05, 3.63) is 69.4 Å². The third-order valence-corrected chi connectivity index (χ3v) is 6.49. The minimum absolute atomic E-state index is 0.0734. The van der Waals surface area contributed by atoms with Crippen LogP contribution >= 0.6 is 11.3 Å². The van der Waals surface area contributed by atoms with Gasteiger partial charge < -0.3 is 9.88 Å². The number of amides is 1. The summed E-state index contributed by atoms with van der Waals surface area (Å²) in [6.45, 7) is 3.92. The molecule has 0 atom stereocenters. The first-order valence-corrected chi connectivity index (χ1v) is 10.1. The number of carbonyl (C=O) groups is 2. The van der Waals surface area contributed by atoms with E-state index in [0.29, 0.717) is 5.56 Å². The minimum Gasteiger partial charge on any atom is -0.322 e. The van der Waals surface area contributed by atoms with Crippen LogP contribution in [0.1, 0.15) is 55.4 Å². The van der Waals surface area contributed by atoms with Gasteiger partial charge in [0.05, 0.1) is 5.56 Å². The van der Waals surface area contributed by atoms with Crippen LogP contribution in [0.2, 0.25) is 0 Å². The van der Waals surface area contributed by atoms with Crippen LogP contribution in [-0.4, -0.2) is 16.8 Å². The summed E-state index contributed by atoms with van der Waals surface area (Å²) in [6.07, 6.45) is 5.11. The Morgan fingerprint density at radius 3 is 2.59 bits per heavy atom. The molecular formula is C22H22N2O2S. The Bertz CT molecular complexity index is 1010. The van der Waals surface area contributed by atoms with Crippen molar-refractivity contribution >= 4 is 29.2 Å². The summed E-state index contributed by atoms with van der Waals surface area (Å²) in [5.41, 5.74) is 5.26. The van der Waals surface area contributed by atoms with E-state index in [0.717, 1.165) is 59.6 Å². The van der Waals surface area contributed by atoms with Crippen molar-refractivity contribution < 1.29 is 9.59 Å². The Morgan fingerprint density at radius 2 is 1.89 bits per heavy atom. The highest BCUT2D eigenvalue weighted by molar-refractivity contribution is 7.15. The normalized spacial score (nSPS) is 13.3. The number of nitrogens with one attached hydrogen (secondary N) is 1. The van der Waals surface area contributed by atoms with Crippen LogP contribution in [0.5, 0.6) is 0 Å². The highest BCUT2D eigenvalue weighted by Crippen LogP contribution is 2.39. The topological polar surface area (TPSA) is 51.1 Å². The van der Waals surface area contributed by atoms with Gasteiger partial charge in [0.15, 0.2) is 6.29 Å². The van der Waals surface area contributed by atoms with Crippen molar-refractivity contribution in [1.82, 2.24) is 4.57 Å². The number of hydrogen-bond acceptors (Lipinski definition) is 3. The molecule has 0 radical (unpaired) electrons. The second-order valence-electron chi connectivity index (χ2n) is 6.99. The number of nitrogens with zero attached hydrogens (tertiary/aromatic N) is 1. The second-order valence-corrected chi connectivity index (χ2v) is 8.07. The summed E-state index contributed by atoms with van der Waals surface area (Å²) in [4.78, 5) is 25.9. The van der Waals surface area contributed by atoms with Crippen LogP contribution in [0.15, 0.2) is 36.4 Å². The van der Waals surface area contributed by atoms with Gasteiger partial charge in [-0.25, -0.2) is 0 Å². The monoisotopic (exact) mass is 378 g/mol. The zero-order chi connectivity index (χ0) is 19.0. The molecule has 0 spiro atoms. The second kappa shape index (κ2) is 7.16. The van der Waals surface area contributed by atoms with Crippen LogP contribution in [0.3, 0.4) is 0 Å². The van der Waals surface area contributed by atoms with E-state index < -0.39 is 0 Å². The zero-order valence-corrected chi connectivity index (χ0v) is 16.4. The Morgan fingerprint density at radius 1 is 1.15 bits per heavy atom. The summed E-state index contributed by atoms with van der Waals surface area (Å²) >= 11 is 1.69. The smallest absolute Gasteiger partial charge is 0.258 e. The SMILES string of the molecule is Cc1cc(C=O)c(C)n1-c1sc2c(c1C(=O)Nc1ccccc1)CCCC2. The first-order valence-electron chi connectivity index (χ1n) is 9.25. The highest BCUT2D eigenvalue weighted by Gasteiger charge is 2.28. The van der Waals surface area contributed by atoms with E-state index in [4.69, 9.17) is 0 Å². The number of para-hydroxylation sites is 1. The number of carbonyl (C=O) groups excluding carboxylic acids is 2. The van der Waals surface area contributed by atoms with Crippen LogP contribution in [0.25, 0.3) is 5.00 Å². The molecule has 1 aliphatic rings. The highest BCUT2D eigenvalue weighted by atomic mass is 32.1. The van der Waals surface area contributed by atoms with E-state index in [1.54, 1.807) is 11.3 Å². The van der Waals surface area contributed by atoms with Gasteiger partial charge in [-0.3, -0.25) is 9.59 Å². The lowest BCUT2D eigenvalue weighted by molar-refractivity contribution is 0.102. The van der Waals surface area contributed by atoms with Crippen molar-refractivity contribution in [2.75, 3.05) is 5.32 Å². The van der Waals surface area contributed by atoms with Gasteiger partial charge in [0, 0.05) is 27.5 Å². The van der Waals surface area contributed by atoms with Gasteiger partial charge >= 0.3 is 0 Å². The molecule has 2 heterocycles. The van der Waals surface area contributed by atoms with Crippen molar-refractivity contribution in [1.29, 1.82) is 0 Å². The summed E-state index contributed by atoms with van der Waals surface area (Å²) in [7, 11) is 0. The lowest BCUT2D eigenvalue weighted by Crippen LogP contribution is -2.17. The van der Waals surface area contributed by atoms with Crippen molar-refractivity contribution in [3.8, 4) is 5.00 Å². The fourth-order valence-corrected chi connectivity index (χ4v) is 5.37. The van der Waals surface area contributed by atoms with E-state index in [2.05, 4.69) is 9.88 Å². The predicted molar refractivity (Wildman–Crippen MR) is 110 cm³/mol. The van der Waals surface area contributed by atoms with Gasteiger partial charge in [0.2, 0.25) is 0 Å². The lowest BCUT2D eigenvalue weighted by Gasteiger charge is -2.14. The molecule has 1 aliphatic carbocycles. The number of benzene rings is 1. The number of aryl methyl sites for hydroxylation is 2. The first-order chi connectivity index (χ1) is 13.1. The molecule has 0 saturated carbocycles. The molecule has 0 saturated heterocycles. The average molecular weight is 378 g/mol. The molecule has 2 aromatic heterocycles. The van der Waals surface area contributed by atoms with Crippen molar-refractivity contribution in [3.63, 3.8) is 0 Å². The number of aldehydes is 1. The zero-order valence-electron chi connectivity index (χ0n) is 15.5. The van der Waals surface area contributed by atoms with Gasteiger partial charge in [-0.05, 0) is 63.3 Å². The molecule has 27 heavy (non-hydrogen) atoms. The maximum Gasteiger partial charge on any atom is 0.258 e. The van der Waals surface area contributed by atoms with Crippen molar-refractivity contribution in [2.24, 2.45) is 0 Å². The van der Waals surface area contributed by atoms with Gasteiger partial charge in [-0.1, -0.05) is 18.2 Å². The molecule has 0 unspecified atom stereocenters. The number of rotatable bonds is 4. The predicted octanol–water partition coefficient (Wildman–Crippen LogP) is 5.10. The maximum atomic E-state index is 13.3. The first kappa shape index (κ1) is 17.7. The number of fused-ring (bicyclic) bond motifs is 1. The van der Waals surface area contributed by atoms with E-state index in [9.17, 15) is 9.59 Å². The van der Waals surface area contributed by atoms with E-state index in [1.807, 2.05) is 50.2 Å². The van der Waals surface area contributed by atoms with Gasteiger partial charge in [0.1, 0.15) is 5.00 Å².